The van der Waals surface area contributed by atoms with Crippen molar-refractivity contribution >= 4 is 39.5 Å². The SMILES string of the molecule is CC/C=C\C/C=C\C/C=C\C/C=C\C/C=C\C/C=C\CCC(=O)OCC(COP(=O)(O)OCC(O)COP(=O)(O)OCC(COC(=O)CCCCCCC/C=C\CCCCCCCC)OC(=O)CCCCCCCCCCCCCCC)OC(=O)CCCCCCCCC/C=C\C/C=C\C/C=C\CC. The van der Waals surface area contributed by atoms with E-state index in [2.05, 4.69) is 131 Å². The molecule has 17 nitrogen and oxygen atoms in total. The van der Waals surface area contributed by atoms with Gasteiger partial charge in [-0.2, -0.15) is 0 Å². The quantitative estimate of drug-likeness (QED) is 0.0169. The van der Waals surface area contributed by atoms with Gasteiger partial charge in [0.1, 0.15) is 19.3 Å². The predicted molar refractivity (Wildman–Crippen MR) is 427 cm³/mol. The Labute approximate surface area is 632 Å². The summed E-state index contributed by atoms with van der Waals surface area (Å²) in [5.74, 6) is -2.28. The first-order chi connectivity index (χ1) is 50.7. The first-order valence-electron chi connectivity index (χ1n) is 40.8. The lowest BCUT2D eigenvalue weighted by atomic mass is 10.0. The van der Waals surface area contributed by atoms with Gasteiger partial charge in [-0.15, -0.1) is 0 Å². The van der Waals surface area contributed by atoms with Crippen LogP contribution in [0.15, 0.2) is 122 Å². The maximum atomic E-state index is 13.1. The molecule has 0 radical (unpaired) electrons. The fraction of sp³-hybridized carbons (Fsp3) is 0.718. The summed E-state index contributed by atoms with van der Waals surface area (Å²) in [5, 5.41) is 10.6. The number of carbonyl (C=O) groups is 4. The van der Waals surface area contributed by atoms with Gasteiger partial charge in [0.2, 0.25) is 0 Å². The largest absolute Gasteiger partial charge is 0.472 e. The first-order valence-corrected chi connectivity index (χ1v) is 43.8. The molecule has 598 valence electrons. The maximum Gasteiger partial charge on any atom is 0.472 e. The number of esters is 4. The normalized spacial score (nSPS) is 14.5. The van der Waals surface area contributed by atoms with Crippen LogP contribution in [0.25, 0.3) is 0 Å². The minimum Gasteiger partial charge on any atom is -0.462 e. The summed E-state index contributed by atoms with van der Waals surface area (Å²) in [6.45, 7) is 4.58. The molecule has 0 saturated heterocycles. The smallest absolute Gasteiger partial charge is 0.462 e. The molecule has 5 unspecified atom stereocenters. The Morgan fingerprint density at radius 1 is 0.279 bits per heavy atom. The van der Waals surface area contributed by atoms with Crippen LogP contribution < -0.4 is 0 Å². The third kappa shape index (κ3) is 75.7. The topological polar surface area (TPSA) is 237 Å². The lowest BCUT2D eigenvalue weighted by Crippen LogP contribution is -2.30. The minimum atomic E-state index is -5.00. The van der Waals surface area contributed by atoms with E-state index in [1.807, 2.05) is 18.2 Å². The lowest BCUT2D eigenvalue weighted by molar-refractivity contribution is -0.161. The number of hydrogen-bond acceptors (Lipinski definition) is 15. The summed E-state index contributed by atoms with van der Waals surface area (Å²) < 4.78 is 68.6. The number of aliphatic hydroxyl groups is 1. The van der Waals surface area contributed by atoms with Gasteiger partial charge in [0.05, 0.1) is 26.4 Å². The number of phosphoric ester groups is 2. The second-order valence-electron chi connectivity index (χ2n) is 27.0. The van der Waals surface area contributed by atoms with Crippen molar-refractivity contribution < 1.29 is 80.2 Å². The molecule has 0 heterocycles. The predicted octanol–water partition coefficient (Wildman–Crippen LogP) is 23.9. The Morgan fingerprint density at radius 3 is 0.837 bits per heavy atom. The standard InChI is InChI=1S/C85H146O17P2/c1-5-9-13-17-21-25-29-33-36-38-39-41-43-47-50-54-58-62-66-70-83(88)96-76-81(102-85(90)72-68-64-60-56-52-48-44-40-37-34-30-26-22-18-14-10-6-2)78-100-104(93,94)98-74-79(86)73-97-103(91,92)99-77-80(101-84(89)71-67-63-59-55-51-45-32-28-24-20-16-12-8-4)75-95-82(87)69-65-61-57-53-49-46-42-35-31-27-23-19-15-11-7-3/h9-10,13-14,21-22,25-26,33-37,39,41-42,47,50,58,62,79-81,86H,5-8,11-12,15-20,23-24,27-32,38,40,43-46,48-49,51-57,59-61,63-78H2,1-4H3,(H,91,92)(H,93,94)/b13-9-,14-10-,25-21-,26-22-,36-33-,37-34-,41-39-,42-35-,50-47-,62-58-. The van der Waals surface area contributed by atoms with Crippen LogP contribution in [0.2, 0.25) is 0 Å². The third-order valence-corrected chi connectivity index (χ3v) is 18.8. The Bertz CT molecular complexity index is 2440. The van der Waals surface area contributed by atoms with E-state index >= 15 is 0 Å². The van der Waals surface area contributed by atoms with Crippen LogP contribution in [0.4, 0.5) is 0 Å². The van der Waals surface area contributed by atoms with Gasteiger partial charge in [-0.25, -0.2) is 9.13 Å². The van der Waals surface area contributed by atoms with Crippen LogP contribution in [0, 0.1) is 0 Å². The Balaban J connectivity index is 5.42. The Kier molecular flexibility index (Phi) is 73.3. The lowest BCUT2D eigenvalue weighted by Gasteiger charge is -2.21. The molecule has 0 aromatic heterocycles. The van der Waals surface area contributed by atoms with Gasteiger partial charge in [0.15, 0.2) is 12.2 Å². The molecule has 0 fully saturated rings. The number of rotatable bonds is 76. The first kappa shape index (κ1) is 99.5. The second kappa shape index (κ2) is 76.6. The monoisotopic (exact) mass is 1500 g/mol. The molecule has 0 aliphatic rings. The van der Waals surface area contributed by atoms with Crippen molar-refractivity contribution in [1.29, 1.82) is 0 Å². The molecule has 0 aromatic rings. The van der Waals surface area contributed by atoms with Crippen LogP contribution in [0.3, 0.4) is 0 Å². The molecule has 0 saturated carbocycles. The highest BCUT2D eigenvalue weighted by Crippen LogP contribution is 2.45. The highest BCUT2D eigenvalue weighted by Gasteiger charge is 2.30. The molecule has 0 aliphatic carbocycles. The number of aliphatic hydroxyl groups excluding tert-OH is 1. The third-order valence-electron chi connectivity index (χ3n) is 16.9. The highest BCUT2D eigenvalue weighted by molar-refractivity contribution is 7.47. The van der Waals surface area contributed by atoms with Crippen molar-refractivity contribution in [3.05, 3.63) is 122 Å². The van der Waals surface area contributed by atoms with E-state index in [4.69, 9.17) is 37.0 Å². The highest BCUT2D eigenvalue weighted by atomic mass is 31.2. The van der Waals surface area contributed by atoms with Crippen LogP contribution in [-0.2, 0) is 65.4 Å². The molecule has 0 aliphatic heterocycles. The number of phosphoric acid groups is 2. The molecule has 104 heavy (non-hydrogen) atoms. The second-order valence-corrected chi connectivity index (χ2v) is 29.9. The maximum absolute atomic E-state index is 13.1. The molecule has 0 amide bonds. The van der Waals surface area contributed by atoms with Crippen molar-refractivity contribution in [2.24, 2.45) is 0 Å². The number of ether oxygens (including phenoxy) is 4. The van der Waals surface area contributed by atoms with Gasteiger partial charge in [-0.05, 0) is 122 Å². The van der Waals surface area contributed by atoms with E-state index in [0.717, 1.165) is 161 Å². The molecule has 0 rings (SSSR count). The minimum absolute atomic E-state index is 0.0319. The van der Waals surface area contributed by atoms with E-state index in [1.165, 1.54) is 89.9 Å². The van der Waals surface area contributed by atoms with Crippen LogP contribution in [-0.4, -0.2) is 96.7 Å². The van der Waals surface area contributed by atoms with Gasteiger partial charge >= 0.3 is 39.5 Å². The van der Waals surface area contributed by atoms with Gasteiger partial charge in [-0.3, -0.25) is 37.3 Å². The van der Waals surface area contributed by atoms with E-state index < -0.39 is 97.5 Å². The molecule has 3 N–H and O–H groups in total. The van der Waals surface area contributed by atoms with Crippen molar-refractivity contribution in [3.8, 4) is 0 Å². The fourth-order valence-corrected chi connectivity index (χ4v) is 12.4. The summed E-state index contributed by atoms with van der Waals surface area (Å²) in [6, 6.07) is 0. The zero-order valence-corrected chi connectivity index (χ0v) is 67.2. The van der Waals surface area contributed by atoms with E-state index in [0.29, 0.717) is 32.1 Å². The number of hydrogen-bond donors (Lipinski definition) is 3. The van der Waals surface area contributed by atoms with Gasteiger partial charge in [0, 0.05) is 25.7 Å². The summed E-state index contributed by atoms with van der Waals surface area (Å²) in [6.07, 6.45) is 84.7. The molecule has 0 aromatic carbocycles. The number of carbonyl (C=O) groups excluding carboxylic acids is 4. The van der Waals surface area contributed by atoms with E-state index in [-0.39, 0.29) is 25.7 Å². The number of allylic oxidation sites excluding steroid dienone is 20. The van der Waals surface area contributed by atoms with Crippen molar-refractivity contribution in [2.45, 2.75) is 354 Å². The summed E-state index contributed by atoms with van der Waals surface area (Å²) in [7, 11) is -9.98. The average Bonchev–Trinajstić information content (AvgIpc) is 0.911. The number of unbranched alkanes of at least 4 members (excludes halogenated alkanes) is 30. The summed E-state index contributed by atoms with van der Waals surface area (Å²) in [4.78, 5) is 73.0. The molecular weight excluding hydrogens is 1350 g/mol. The van der Waals surface area contributed by atoms with Crippen LogP contribution in [0.1, 0.15) is 336 Å². The van der Waals surface area contributed by atoms with Crippen LogP contribution in [0.5, 0.6) is 0 Å². The molecule has 0 bridgehead atoms. The Morgan fingerprint density at radius 2 is 0.519 bits per heavy atom. The van der Waals surface area contributed by atoms with Crippen molar-refractivity contribution in [1.82, 2.24) is 0 Å². The van der Waals surface area contributed by atoms with Crippen molar-refractivity contribution in [2.75, 3.05) is 39.6 Å². The molecule has 0 spiro atoms. The summed E-state index contributed by atoms with van der Waals surface area (Å²) in [5.41, 5.74) is 0. The van der Waals surface area contributed by atoms with Gasteiger partial charge < -0.3 is 33.8 Å². The average molecular weight is 1500 g/mol. The van der Waals surface area contributed by atoms with Crippen LogP contribution >= 0.6 is 15.6 Å². The summed E-state index contributed by atoms with van der Waals surface area (Å²) >= 11 is 0. The van der Waals surface area contributed by atoms with Crippen molar-refractivity contribution in [3.63, 3.8) is 0 Å². The van der Waals surface area contributed by atoms with Gasteiger partial charge in [0.25, 0.3) is 0 Å². The van der Waals surface area contributed by atoms with E-state index in [1.54, 1.807) is 0 Å². The fourth-order valence-electron chi connectivity index (χ4n) is 10.8. The Hall–Kier alpha value is -4.54. The molecule has 5 atom stereocenters. The van der Waals surface area contributed by atoms with Gasteiger partial charge in [-0.1, -0.05) is 310 Å². The molecular formula is C85H146O17P2. The van der Waals surface area contributed by atoms with E-state index in [9.17, 15) is 43.2 Å². The zero-order valence-electron chi connectivity index (χ0n) is 65.4. The molecule has 19 heteroatoms. The zero-order chi connectivity index (χ0) is 76.0.